The molecule has 0 saturated carbocycles. The Kier molecular flexibility index (Phi) is 2.81. The van der Waals surface area contributed by atoms with Crippen molar-refractivity contribution in [3.63, 3.8) is 0 Å². The highest BCUT2D eigenvalue weighted by Crippen LogP contribution is 2.07. The van der Waals surface area contributed by atoms with Crippen molar-refractivity contribution in [2.24, 2.45) is 0 Å². The molecule has 2 aromatic heterocycles. The quantitative estimate of drug-likeness (QED) is 0.796. The lowest BCUT2D eigenvalue weighted by Crippen LogP contribution is -2.02. The Bertz CT molecular complexity index is 436. The molecule has 2 rings (SSSR count). The fourth-order valence-electron chi connectivity index (χ4n) is 1.28. The summed E-state index contributed by atoms with van der Waals surface area (Å²) in [5.74, 6) is 0. The number of aromatic nitrogens is 3. The minimum absolute atomic E-state index is 0.794. The Morgan fingerprint density at radius 2 is 2.36 bits per heavy atom. The molecule has 0 radical (unpaired) electrons. The molecule has 0 atom stereocenters. The highest BCUT2D eigenvalue weighted by Gasteiger charge is 2.00. The highest BCUT2D eigenvalue weighted by atomic mass is 127. The molecule has 0 aromatic carbocycles. The third-order valence-electron chi connectivity index (χ3n) is 2.05. The SMILES string of the molecule is Cc1ncccc1Cn1cc(I)cn1. The molecule has 4 heteroatoms. The number of nitrogens with zero attached hydrogens (tertiary/aromatic N) is 3. The summed E-state index contributed by atoms with van der Waals surface area (Å²) in [6, 6.07) is 4.04. The summed E-state index contributed by atoms with van der Waals surface area (Å²) in [4.78, 5) is 4.24. The van der Waals surface area contributed by atoms with E-state index in [2.05, 4.69) is 38.7 Å². The molecule has 0 aliphatic rings. The summed E-state index contributed by atoms with van der Waals surface area (Å²) in [6.07, 6.45) is 5.69. The van der Waals surface area contributed by atoms with Crippen LogP contribution in [0.4, 0.5) is 0 Å². The van der Waals surface area contributed by atoms with Crippen molar-refractivity contribution in [3.05, 3.63) is 45.6 Å². The standard InChI is InChI=1S/C10H10IN3/c1-8-9(3-2-4-12-8)6-14-7-10(11)5-13-14/h2-5,7H,6H2,1H3. The minimum atomic E-state index is 0.794. The lowest BCUT2D eigenvalue weighted by Gasteiger charge is -2.03. The van der Waals surface area contributed by atoms with E-state index in [0.717, 1.165) is 15.8 Å². The predicted octanol–water partition coefficient (Wildman–Crippen LogP) is 2.24. The molecule has 0 aliphatic carbocycles. The average Bonchev–Trinajstić information content (AvgIpc) is 2.56. The Labute approximate surface area is 96.3 Å². The van der Waals surface area contributed by atoms with Crippen LogP contribution in [0.3, 0.4) is 0 Å². The number of rotatable bonds is 2. The van der Waals surface area contributed by atoms with Crippen molar-refractivity contribution < 1.29 is 0 Å². The van der Waals surface area contributed by atoms with Crippen molar-refractivity contribution in [1.29, 1.82) is 0 Å². The number of hydrogen-bond donors (Lipinski definition) is 0. The summed E-state index contributed by atoms with van der Waals surface area (Å²) >= 11 is 2.25. The first-order valence-corrected chi connectivity index (χ1v) is 5.42. The van der Waals surface area contributed by atoms with Gasteiger partial charge in [-0.25, -0.2) is 0 Å². The molecular formula is C10H10IN3. The third kappa shape index (κ3) is 2.12. The summed E-state index contributed by atoms with van der Waals surface area (Å²) < 4.78 is 3.08. The Hall–Kier alpha value is -0.910. The number of hydrogen-bond acceptors (Lipinski definition) is 2. The number of aryl methyl sites for hydroxylation is 1. The molecule has 0 spiro atoms. The monoisotopic (exact) mass is 299 g/mol. The molecule has 0 amide bonds. The summed E-state index contributed by atoms with van der Waals surface area (Å²) in [6.45, 7) is 2.81. The van der Waals surface area contributed by atoms with Gasteiger partial charge >= 0.3 is 0 Å². The van der Waals surface area contributed by atoms with Crippen LogP contribution in [0.25, 0.3) is 0 Å². The summed E-state index contributed by atoms with van der Waals surface area (Å²) in [7, 11) is 0. The Morgan fingerprint density at radius 1 is 1.50 bits per heavy atom. The highest BCUT2D eigenvalue weighted by molar-refractivity contribution is 14.1. The maximum Gasteiger partial charge on any atom is 0.0677 e. The van der Waals surface area contributed by atoms with Crippen LogP contribution in [0, 0.1) is 10.5 Å². The number of pyridine rings is 1. The van der Waals surface area contributed by atoms with Gasteiger partial charge in [0.15, 0.2) is 0 Å². The zero-order chi connectivity index (χ0) is 9.97. The normalized spacial score (nSPS) is 10.4. The molecule has 2 aromatic rings. The van der Waals surface area contributed by atoms with E-state index < -0.39 is 0 Å². The van der Waals surface area contributed by atoms with Crippen LogP contribution in [-0.2, 0) is 6.54 Å². The van der Waals surface area contributed by atoms with Gasteiger partial charge in [0.25, 0.3) is 0 Å². The molecule has 0 unspecified atom stereocenters. The minimum Gasteiger partial charge on any atom is -0.267 e. The van der Waals surface area contributed by atoms with E-state index in [-0.39, 0.29) is 0 Å². The maximum atomic E-state index is 4.24. The van der Waals surface area contributed by atoms with Crippen LogP contribution in [0.2, 0.25) is 0 Å². The third-order valence-corrected chi connectivity index (χ3v) is 2.61. The molecule has 14 heavy (non-hydrogen) atoms. The van der Waals surface area contributed by atoms with Crippen molar-refractivity contribution in [3.8, 4) is 0 Å². The van der Waals surface area contributed by atoms with E-state index in [4.69, 9.17) is 0 Å². The number of halogens is 1. The smallest absolute Gasteiger partial charge is 0.0677 e. The van der Waals surface area contributed by atoms with Gasteiger partial charge in [-0.05, 0) is 41.1 Å². The maximum absolute atomic E-state index is 4.24. The second kappa shape index (κ2) is 4.08. The second-order valence-electron chi connectivity index (χ2n) is 3.10. The van der Waals surface area contributed by atoms with Gasteiger partial charge in [0.05, 0.1) is 16.3 Å². The molecular weight excluding hydrogens is 289 g/mol. The van der Waals surface area contributed by atoms with Crippen LogP contribution in [0.1, 0.15) is 11.3 Å². The molecule has 0 bridgehead atoms. The summed E-state index contributed by atoms with van der Waals surface area (Å²) in [5.41, 5.74) is 2.28. The van der Waals surface area contributed by atoms with Gasteiger partial charge in [-0.2, -0.15) is 5.10 Å². The first kappa shape index (κ1) is 9.64. The van der Waals surface area contributed by atoms with Gasteiger partial charge in [0.1, 0.15) is 0 Å². The van der Waals surface area contributed by atoms with Crippen LogP contribution in [0.15, 0.2) is 30.7 Å². The van der Waals surface area contributed by atoms with Crippen molar-refractivity contribution in [1.82, 2.24) is 14.8 Å². The zero-order valence-electron chi connectivity index (χ0n) is 7.81. The van der Waals surface area contributed by atoms with Crippen molar-refractivity contribution in [2.75, 3.05) is 0 Å². The molecule has 3 nitrogen and oxygen atoms in total. The van der Waals surface area contributed by atoms with Gasteiger partial charge in [0, 0.05) is 18.1 Å². The van der Waals surface area contributed by atoms with E-state index in [9.17, 15) is 0 Å². The first-order chi connectivity index (χ1) is 6.75. The van der Waals surface area contributed by atoms with E-state index >= 15 is 0 Å². The Balaban J connectivity index is 2.23. The van der Waals surface area contributed by atoms with E-state index in [1.807, 2.05) is 36.3 Å². The molecule has 0 aliphatic heterocycles. The molecule has 2 heterocycles. The second-order valence-corrected chi connectivity index (χ2v) is 4.35. The van der Waals surface area contributed by atoms with E-state index in [1.54, 1.807) is 0 Å². The van der Waals surface area contributed by atoms with Gasteiger partial charge in [0.2, 0.25) is 0 Å². The lowest BCUT2D eigenvalue weighted by molar-refractivity contribution is 0.680. The van der Waals surface area contributed by atoms with Crippen LogP contribution in [-0.4, -0.2) is 14.8 Å². The van der Waals surface area contributed by atoms with E-state index in [1.165, 1.54) is 5.56 Å². The fraction of sp³-hybridized carbons (Fsp3) is 0.200. The fourth-order valence-corrected chi connectivity index (χ4v) is 1.73. The van der Waals surface area contributed by atoms with Gasteiger partial charge < -0.3 is 0 Å². The Morgan fingerprint density at radius 3 is 3.00 bits per heavy atom. The zero-order valence-corrected chi connectivity index (χ0v) is 9.97. The topological polar surface area (TPSA) is 30.7 Å². The lowest BCUT2D eigenvalue weighted by atomic mass is 10.2. The van der Waals surface area contributed by atoms with Gasteiger partial charge in [-0.1, -0.05) is 6.07 Å². The predicted molar refractivity (Wildman–Crippen MR) is 63.0 cm³/mol. The van der Waals surface area contributed by atoms with Crippen LogP contribution < -0.4 is 0 Å². The van der Waals surface area contributed by atoms with Crippen LogP contribution >= 0.6 is 22.6 Å². The van der Waals surface area contributed by atoms with Gasteiger partial charge in [-0.15, -0.1) is 0 Å². The molecule has 0 fully saturated rings. The van der Waals surface area contributed by atoms with Gasteiger partial charge in [-0.3, -0.25) is 9.67 Å². The largest absolute Gasteiger partial charge is 0.267 e. The van der Waals surface area contributed by atoms with Crippen molar-refractivity contribution in [2.45, 2.75) is 13.5 Å². The van der Waals surface area contributed by atoms with E-state index in [0.29, 0.717) is 0 Å². The molecule has 0 saturated heterocycles. The molecule has 72 valence electrons. The average molecular weight is 299 g/mol. The molecule has 0 N–H and O–H groups in total. The van der Waals surface area contributed by atoms with Crippen molar-refractivity contribution >= 4 is 22.6 Å². The summed E-state index contributed by atoms with van der Waals surface area (Å²) in [5, 5.41) is 4.23. The first-order valence-electron chi connectivity index (χ1n) is 4.34. The van der Waals surface area contributed by atoms with Crippen LogP contribution in [0.5, 0.6) is 0 Å².